The van der Waals surface area contributed by atoms with Crippen molar-refractivity contribution in [1.29, 1.82) is 0 Å². The summed E-state index contributed by atoms with van der Waals surface area (Å²) in [5.74, 6) is -3.63. The van der Waals surface area contributed by atoms with Crippen LogP contribution in [0.2, 0.25) is 0 Å². The van der Waals surface area contributed by atoms with Gasteiger partial charge in [0.25, 0.3) is 0 Å². The SMILES string of the molecule is CC(C)C[C@H](NC(=O)[C@H](CC(C)C)NC(=O)[C@H](Cc1ccccc1)NC(=O)[C@@H](N)CO)C(=O)NCC(=O)N1CCC[C@H]1C(N)=O. The number of carbonyl (C=O) groups is 6. The summed E-state index contributed by atoms with van der Waals surface area (Å²) >= 11 is 0. The predicted octanol–water partition coefficient (Wildman–Crippen LogP) is -1.31. The number of carbonyl (C=O) groups excluding carboxylic acids is 6. The number of nitrogens with zero attached hydrogens (tertiary/aromatic N) is 1. The molecule has 1 aromatic carbocycles. The van der Waals surface area contributed by atoms with Gasteiger partial charge in [0.05, 0.1) is 13.2 Å². The van der Waals surface area contributed by atoms with E-state index in [2.05, 4.69) is 21.3 Å². The fourth-order valence-electron chi connectivity index (χ4n) is 5.12. The molecule has 250 valence electrons. The number of nitrogens with two attached hydrogens (primary N) is 2. The summed E-state index contributed by atoms with van der Waals surface area (Å²) in [6.45, 7) is 6.88. The lowest BCUT2D eigenvalue weighted by atomic mass is 9.99. The number of likely N-dealkylation sites (tertiary alicyclic amines) is 1. The third-order valence-corrected chi connectivity index (χ3v) is 7.44. The third kappa shape index (κ3) is 12.1. The van der Waals surface area contributed by atoms with E-state index in [0.717, 1.165) is 5.56 Å². The topological polar surface area (TPSA) is 226 Å². The molecular formula is C31H49N7O7. The van der Waals surface area contributed by atoms with E-state index in [0.29, 0.717) is 19.4 Å². The summed E-state index contributed by atoms with van der Waals surface area (Å²) in [5.41, 5.74) is 11.8. The molecule has 2 rings (SSSR count). The molecule has 0 aliphatic carbocycles. The second-order valence-electron chi connectivity index (χ2n) is 12.3. The van der Waals surface area contributed by atoms with Crippen molar-refractivity contribution in [3.63, 3.8) is 0 Å². The molecule has 0 spiro atoms. The van der Waals surface area contributed by atoms with Crippen LogP contribution in [0, 0.1) is 11.8 Å². The lowest BCUT2D eigenvalue weighted by Crippen LogP contribution is -2.59. The minimum absolute atomic E-state index is 0.00564. The van der Waals surface area contributed by atoms with Crippen molar-refractivity contribution < 1.29 is 33.9 Å². The molecule has 5 atom stereocenters. The number of benzene rings is 1. The molecule has 1 aromatic rings. The van der Waals surface area contributed by atoms with Crippen LogP contribution in [0.15, 0.2) is 30.3 Å². The van der Waals surface area contributed by atoms with E-state index in [9.17, 15) is 33.9 Å². The normalized spacial score (nSPS) is 17.2. The molecule has 0 bridgehead atoms. The van der Waals surface area contributed by atoms with Crippen LogP contribution in [0.4, 0.5) is 0 Å². The number of hydrogen-bond acceptors (Lipinski definition) is 8. The lowest BCUT2D eigenvalue weighted by Gasteiger charge is -2.27. The van der Waals surface area contributed by atoms with Crippen molar-refractivity contribution in [3.8, 4) is 0 Å². The van der Waals surface area contributed by atoms with Crippen LogP contribution in [0.1, 0.15) is 58.9 Å². The molecule has 0 saturated carbocycles. The van der Waals surface area contributed by atoms with E-state index in [1.165, 1.54) is 4.90 Å². The molecule has 9 N–H and O–H groups in total. The van der Waals surface area contributed by atoms with Gasteiger partial charge < -0.3 is 42.7 Å². The molecule has 14 heteroatoms. The molecule has 0 radical (unpaired) electrons. The zero-order valence-electron chi connectivity index (χ0n) is 26.6. The van der Waals surface area contributed by atoms with Crippen molar-refractivity contribution in [1.82, 2.24) is 26.2 Å². The third-order valence-electron chi connectivity index (χ3n) is 7.44. The number of primary amides is 1. The van der Waals surface area contributed by atoms with Crippen molar-refractivity contribution in [2.45, 2.75) is 90.0 Å². The maximum atomic E-state index is 13.6. The highest BCUT2D eigenvalue weighted by atomic mass is 16.3. The van der Waals surface area contributed by atoms with E-state index in [-0.39, 0.29) is 37.6 Å². The lowest BCUT2D eigenvalue weighted by molar-refractivity contribution is -0.138. The number of aliphatic hydroxyl groups is 1. The predicted molar refractivity (Wildman–Crippen MR) is 167 cm³/mol. The maximum Gasteiger partial charge on any atom is 0.243 e. The van der Waals surface area contributed by atoms with Crippen LogP contribution in [0.3, 0.4) is 0 Å². The standard InChI is InChI=1S/C31H49N7O7/c1-18(2)13-22(29(43)34-16-26(40)38-12-8-11-25(38)27(33)41)36-30(44)23(14-19(3)4)37-31(45)24(35-28(42)21(32)17-39)15-20-9-6-5-7-10-20/h5-7,9-10,18-19,21-25,39H,8,11-17,32H2,1-4H3,(H2,33,41)(H,34,43)(H,35,42)(H,36,44)(H,37,45)/t21-,22-,23-,24-,25-/m0/s1. The fraction of sp³-hybridized carbons (Fsp3) is 0.613. The number of rotatable bonds is 17. The van der Waals surface area contributed by atoms with E-state index in [1.807, 2.05) is 33.8 Å². The average Bonchev–Trinajstić information content (AvgIpc) is 3.49. The fourth-order valence-corrected chi connectivity index (χ4v) is 5.12. The highest BCUT2D eigenvalue weighted by Gasteiger charge is 2.34. The zero-order chi connectivity index (χ0) is 33.7. The van der Waals surface area contributed by atoms with Gasteiger partial charge in [-0.3, -0.25) is 28.8 Å². The first-order valence-electron chi connectivity index (χ1n) is 15.4. The van der Waals surface area contributed by atoms with Gasteiger partial charge in [-0.2, -0.15) is 0 Å². The Kier molecular flexibility index (Phi) is 14.9. The minimum Gasteiger partial charge on any atom is -0.394 e. The molecule has 1 heterocycles. The first kappa shape index (κ1) is 37.1. The molecule has 6 amide bonds. The van der Waals surface area contributed by atoms with Gasteiger partial charge in [0.15, 0.2) is 0 Å². The van der Waals surface area contributed by atoms with Crippen molar-refractivity contribution in [3.05, 3.63) is 35.9 Å². The van der Waals surface area contributed by atoms with Crippen LogP contribution < -0.4 is 32.7 Å². The van der Waals surface area contributed by atoms with Crippen LogP contribution >= 0.6 is 0 Å². The minimum atomic E-state index is -1.24. The zero-order valence-corrected chi connectivity index (χ0v) is 26.6. The molecule has 1 aliphatic heterocycles. The Hall–Kier alpha value is -4.04. The number of nitrogens with one attached hydrogen (secondary N) is 4. The molecular weight excluding hydrogens is 582 g/mol. The summed E-state index contributed by atoms with van der Waals surface area (Å²) in [6, 6.07) is 3.85. The largest absolute Gasteiger partial charge is 0.394 e. The first-order valence-corrected chi connectivity index (χ1v) is 15.4. The van der Waals surface area contributed by atoms with Gasteiger partial charge in [-0.15, -0.1) is 0 Å². The van der Waals surface area contributed by atoms with Gasteiger partial charge in [-0.1, -0.05) is 58.0 Å². The molecule has 1 fully saturated rings. The van der Waals surface area contributed by atoms with E-state index in [4.69, 9.17) is 11.5 Å². The Balaban J connectivity index is 2.17. The molecule has 0 unspecified atom stereocenters. The Bertz CT molecular complexity index is 1180. The van der Waals surface area contributed by atoms with E-state index < -0.39 is 72.3 Å². The second-order valence-corrected chi connectivity index (χ2v) is 12.3. The average molecular weight is 632 g/mol. The Labute approximate surface area is 264 Å². The first-order chi connectivity index (χ1) is 21.2. The molecule has 45 heavy (non-hydrogen) atoms. The summed E-state index contributed by atoms with van der Waals surface area (Å²) in [7, 11) is 0. The highest BCUT2D eigenvalue weighted by molar-refractivity contribution is 5.96. The van der Waals surface area contributed by atoms with Crippen LogP contribution in [0.5, 0.6) is 0 Å². The summed E-state index contributed by atoms with van der Waals surface area (Å²) in [6.07, 6.45) is 1.69. The van der Waals surface area contributed by atoms with Gasteiger partial charge >= 0.3 is 0 Å². The number of hydrogen-bond donors (Lipinski definition) is 7. The van der Waals surface area contributed by atoms with Gasteiger partial charge in [0.2, 0.25) is 35.4 Å². The van der Waals surface area contributed by atoms with E-state index in [1.54, 1.807) is 24.3 Å². The Morgan fingerprint density at radius 2 is 1.38 bits per heavy atom. The molecule has 0 aromatic heterocycles. The number of amides is 6. The summed E-state index contributed by atoms with van der Waals surface area (Å²) in [4.78, 5) is 78.5. The van der Waals surface area contributed by atoms with Crippen molar-refractivity contribution in [2.75, 3.05) is 19.7 Å². The van der Waals surface area contributed by atoms with Gasteiger partial charge in [-0.05, 0) is 43.1 Å². The monoisotopic (exact) mass is 631 g/mol. The molecule has 1 saturated heterocycles. The molecule has 14 nitrogen and oxygen atoms in total. The second kappa shape index (κ2) is 18.1. The number of aliphatic hydroxyl groups excluding tert-OH is 1. The summed E-state index contributed by atoms with van der Waals surface area (Å²) in [5, 5.41) is 19.9. The van der Waals surface area contributed by atoms with Crippen molar-refractivity contribution in [2.24, 2.45) is 23.3 Å². The van der Waals surface area contributed by atoms with Crippen LogP contribution in [-0.2, 0) is 35.2 Å². The van der Waals surface area contributed by atoms with Crippen LogP contribution in [0.25, 0.3) is 0 Å². The maximum absolute atomic E-state index is 13.6. The van der Waals surface area contributed by atoms with Crippen LogP contribution in [-0.4, -0.2) is 95.4 Å². The van der Waals surface area contributed by atoms with Crippen molar-refractivity contribution >= 4 is 35.4 Å². The van der Waals surface area contributed by atoms with E-state index >= 15 is 0 Å². The van der Waals surface area contributed by atoms with Gasteiger partial charge in [-0.25, -0.2) is 0 Å². The Morgan fingerprint density at radius 3 is 1.91 bits per heavy atom. The molecule has 1 aliphatic rings. The Morgan fingerprint density at radius 1 is 0.844 bits per heavy atom. The highest BCUT2D eigenvalue weighted by Crippen LogP contribution is 2.17. The van der Waals surface area contributed by atoms with Gasteiger partial charge in [0.1, 0.15) is 30.2 Å². The summed E-state index contributed by atoms with van der Waals surface area (Å²) < 4.78 is 0. The quantitative estimate of drug-likeness (QED) is 0.109. The van der Waals surface area contributed by atoms with Gasteiger partial charge in [0, 0.05) is 13.0 Å². The smallest absolute Gasteiger partial charge is 0.243 e.